The first kappa shape index (κ1) is 45.5. The maximum Gasteiger partial charge on any atom is 0.330 e. The van der Waals surface area contributed by atoms with Crippen LogP contribution in [-0.4, -0.2) is 112 Å². The molecule has 3 aromatic rings. The molecule has 0 bridgehead atoms. The summed E-state index contributed by atoms with van der Waals surface area (Å²) in [6.45, 7) is 21.1. The first-order valence-corrected chi connectivity index (χ1v) is 25.7. The van der Waals surface area contributed by atoms with Gasteiger partial charge in [0.2, 0.25) is 0 Å². The predicted octanol–water partition coefficient (Wildman–Crippen LogP) is 5.47. The molecule has 2 fully saturated rings. The van der Waals surface area contributed by atoms with Crippen LogP contribution in [0.5, 0.6) is 11.5 Å². The van der Waals surface area contributed by atoms with Gasteiger partial charge in [-0.3, -0.25) is 19.1 Å². The van der Waals surface area contributed by atoms with Crippen molar-refractivity contribution in [2.24, 2.45) is 0 Å². The first-order chi connectivity index (χ1) is 27.1. The summed E-state index contributed by atoms with van der Waals surface area (Å²) in [5.41, 5.74) is -0.278. The van der Waals surface area contributed by atoms with Gasteiger partial charge in [0, 0.05) is 19.3 Å². The Morgan fingerprint density at radius 2 is 1.45 bits per heavy atom. The fourth-order valence-electron chi connectivity index (χ4n) is 6.40. The Labute approximate surface area is 344 Å². The van der Waals surface area contributed by atoms with Crippen LogP contribution in [0.2, 0.25) is 36.3 Å². The van der Waals surface area contributed by atoms with Crippen molar-refractivity contribution in [1.29, 1.82) is 0 Å². The SMILES string of the molecule is COc1ccc(OC[C@H]([C@H](CO)OCc2ccccc2)N(C)C(=O)[C@H]2O[C@@H]2[C@H]2O[C@@H](n3ccc(=O)[nH]c3=O)[C@H](O[Si](C)(C)C(C)(C)C)[C@@H]2O[Si](C)(C)C(C)(C)C)cc1. The summed E-state index contributed by atoms with van der Waals surface area (Å²) in [5.74, 6) is 0.853. The Morgan fingerprint density at radius 1 is 0.862 bits per heavy atom. The number of benzene rings is 2. The fourth-order valence-corrected chi connectivity index (χ4v) is 8.98. The van der Waals surface area contributed by atoms with Gasteiger partial charge < -0.3 is 42.5 Å². The van der Waals surface area contributed by atoms with Crippen molar-refractivity contribution < 1.29 is 42.4 Å². The summed E-state index contributed by atoms with van der Waals surface area (Å²) in [4.78, 5) is 43.9. The number of epoxide rings is 1. The number of carbonyl (C=O) groups is 1. The Hall–Kier alpha value is -3.62. The molecular formula is C42H63N3O11Si2. The number of rotatable bonds is 17. The summed E-state index contributed by atoms with van der Waals surface area (Å²) in [7, 11) is -1.88. The lowest BCUT2D eigenvalue weighted by atomic mass is 10.0. The van der Waals surface area contributed by atoms with E-state index in [-0.39, 0.29) is 35.8 Å². The van der Waals surface area contributed by atoms with Crippen molar-refractivity contribution in [2.45, 2.75) is 133 Å². The quantitative estimate of drug-likeness (QED) is 0.131. The van der Waals surface area contributed by atoms with E-state index < -0.39 is 76.8 Å². The number of carbonyl (C=O) groups excluding carboxylic acids is 1. The molecule has 1 aromatic heterocycles. The monoisotopic (exact) mass is 841 g/mol. The highest BCUT2D eigenvalue weighted by Crippen LogP contribution is 2.48. The average Bonchev–Trinajstić information content (AvgIpc) is 3.88. The van der Waals surface area contributed by atoms with E-state index in [4.69, 9.17) is 32.5 Å². The molecule has 2 saturated heterocycles. The summed E-state index contributed by atoms with van der Waals surface area (Å²) in [6.07, 6.45) is -4.46. The molecule has 0 aliphatic carbocycles. The highest BCUT2D eigenvalue weighted by Gasteiger charge is 2.63. The summed E-state index contributed by atoms with van der Waals surface area (Å²) in [6, 6.07) is 17.2. The van der Waals surface area contributed by atoms with Crippen LogP contribution in [0, 0.1) is 0 Å². The van der Waals surface area contributed by atoms with Gasteiger partial charge in [0.25, 0.3) is 11.5 Å². The number of aliphatic hydroxyl groups excluding tert-OH is 1. The molecule has 1 amide bonds. The van der Waals surface area contributed by atoms with Gasteiger partial charge in [-0.1, -0.05) is 71.9 Å². The number of aromatic nitrogens is 2. The molecule has 2 aromatic carbocycles. The predicted molar refractivity (Wildman–Crippen MR) is 225 cm³/mol. The van der Waals surface area contributed by atoms with Gasteiger partial charge in [0.05, 0.1) is 26.4 Å². The fraction of sp³-hybridized carbons (Fsp3) is 0.595. The van der Waals surface area contributed by atoms with Crippen LogP contribution in [0.25, 0.3) is 0 Å². The van der Waals surface area contributed by atoms with Crippen LogP contribution in [0.4, 0.5) is 0 Å². The second-order valence-electron chi connectivity index (χ2n) is 18.2. The number of hydrogen-bond acceptors (Lipinski definition) is 11. The number of likely N-dealkylation sites (N-methyl/N-ethyl adjacent to an activating group) is 1. The van der Waals surface area contributed by atoms with E-state index >= 15 is 0 Å². The molecule has 3 heterocycles. The van der Waals surface area contributed by atoms with E-state index in [0.717, 1.165) is 5.56 Å². The number of hydrogen-bond donors (Lipinski definition) is 2. The van der Waals surface area contributed by atoms with Crippen molar-refractivity contribution in [3.05, 3.63) is 93.3 Å². The zero-order valence-corrected chi connectivity index (χ0v) is 38.0. The molecular weight excluding hydrogens is 779 g/mol. The van der Waals surface area contributed by atoms with Crippen molar-refractivity contribution in [3.8, 4) is 11.5 Å². The number of amides is 1. The van der Waals surface area contributed by atoms with Crippen LogP contribution in [0.3, 0.4) is 0 Å². The van der Waals surface area contributed by atoms with Gasteiger partial charge in [-0.05, 0) is 66.1 Å². The maximum atomic E-state index is 14.5. The molecule has 0 unspecified atom stereocenters. The molecule has 2 aliphatic heterocycles. The second kappa shape index (κ2) is 17.9. The Balaban J connectivity index is 1.47. The minimum absolute atomic E-state index is 0.00262. The minimum atomic E-state index is -2.55. The van der Waals surface area contributed by atoms with Gasteiger partial charge in [0.15, 0.2) is 29.0 Å². The van der Waals surface area contributed by atoms with E-state index in [1.54, 1.807) is 38.4 Å². The van der Waals surface area contributed by atoms with Crippen LogP contribution >= 0.6 is 0 Å². The number of nitrogens with zero attached hydrogens (tertiary/aromatic N) is 2. The van der Waals surface area contributed by atoms with Gasteiger partial charge in [-0.25, -0.2) is 4.79 Å². The highest BCUT2D eigenvalue weighted by atomic mass is 28.4. The highest BCUT2D eigenvalue weighted by molar-refractivity contribution is 6.74. The summed E-state index contributed by atoms with van der Waals surface area (Å²) >= 11 is 0. The third-order valence-corrected chi connectivity index (χ3v) is 21.1. The Kier molecular flexibility index (Phi) is 14.1. The van der Waals surface area contributed by atoms with Crippen LogP contribution in [0.15, 0.2) is 76.4 Å². The summed E-state index contributed by atoms with van der Waals surface area (Å²) < 4.78 is 46.3. The standard InChI is InChI=1S/C42H63N3O11Si2/c1-41(2,3)57(9,10)55-35-33(54-39(45-23-22-32(47)43-40(45)49)37(35)56-58(11,12)42(4,5)6)34-36(53-34)38(48)44(7)30(26-51-29-20-18-28(50-8)19-21-29)31(24-46)52-25-27-16-14-13-15-17-27/h13-23,30-31,33-37,39,46H,24-26H2,1-12H3,(H,43,47,49)/t30-,31+,33-,34-,35-,36+,37-,39-/m1/s1. The minimum Gasteiger partial charge on any atom is -0.497 e. The number of aromatic amines is 1. The Bertz CT molecular complexity index is 1940. The molecule has 58 heavy (non-hydrogen) atoms. The van der Waals surface area contributed by atoms with Gasteiger partial charge >= 0.3 is 5.69 Å². The van der Waals surface area contributed by atoms with E-state index in [1.165, 1.54) is 21.7 Å². The van der Waals surface area contributed by atoms with Crippen LogP contribution < -0.4 is 20.7 Å². The third kappa shape index (κ3) is 10.4. The number of aliphatic hydroxyl groups is 1. The van der Waals surface area contributed by atoms with Crippen LogP contribution in [0.1, 0.15) is 53.3 Å². The number of nitrogens with one attached hydrogen (secondary N) is 1. The van der Waals surface area contributed by atoms with Gasteiger partial charge in [0.1, 0.15) is 48.6 Å². The number of methoxy groups -OCH3 is 1. The van der Waals surface area contributed by atoms with Crippen LogP contribution in [-0.2, 0) is 34.5 Å². The van der Waals surface area contributed by atoms with E-state index in [2.05, 4.69) is 72.7 Å². The normalized spacial score (nSPS) is 23.6. The van der Waals surface area contributed by atoms with Gasteiger partial charge in [-0.15, -0.1) is 0 Å². The Morgan fingerprint density at radius 3 is 2.00 bits per heavy atom. The summed E-state index contributed by atoms with van der Waals surface area (Å²) in [5, 5.41) is 10.2. The molecule has 320 valence electrons. The molecule has 16 heteroatoms. The third-order valence-electron chi connectivity index (χ3n) is 12.2. The second-order valence-corrected chi connectivity index (χ2v) is 27.7. The average molecular weight is 842 g/mol. The van der Waals surface area contributed by atoms with Gasteiger partial charge in [-0.2, -0.15) is 0 Å². The van der Waals surface area contributed by atoms with Crippen molar-refractivity contribution in [2.75, 3.05) is 27.4 Å². The molecule has 0 spiro atoms. The number of H-pyrrole nitrogens is 1. The van der Waals surface area contributed by atoms with E-state index in [9.17, 15) is 19.5 Å². The van der Waals surface area contributed by atoms with Crippen molar-refractivity contribution in [3.63, 3.8) is 0 Å². The largest absolute Gasteiger partial charge is 0.497 e. The lowest BCUT2D eigenvalue weighted by Gasteiger charge is -2.44. The molecule has 14 nitrogen and oxygen atoms in total. The van der Waals surface area contributed by atoms with Crippen molar-refractivity contribution >= 4 is 22.5 Å². The maximum absolute atomic E-state index is 14.5. The zero-order valence-electron chi connectivity index (χ0n) is 36.0. The first-order valence-electron chi connectivity index (χ1n) is 19.9. The molecule has 2 aliphatic rings. The molecule has 2 N–H and O–H groups in total. The molecule has 5 rings (SSSR count). The van der Waals surface area contributed by atoms with E-state index in [1.807, 2.05) is 30.3 Å². The smallest absolute Gasteiger partial charge is 0.330 e. The molecule has 0 saturated carbocycles. The van der Waals surface area contributed by atoms with E-state index in [0.29, 0.717) is 11.5 Å². The molecule has 0 radical (unpaired) electrons. The lowest BCUT2D eigenvalue weighted by molar-refractivity contribution is -0.140. The number of ether oxygens (including phenoxy) is 5. The zero-order chi connectivity index (χ0) is 42.8. The molecule has 8 atom stereocenters. The lowest BCUT2D eigenvalue weighted by Crippen LogP contribution is -2.55. The van der Waals surface area contributed by atoms with Crippen molar-refractivity contribution in [1.82, 2.24) is 14.5 Å². The topological polar surface area (TPSA) is 163 Å².